The van der Waals surface area contributed by atoms with E-state index in [0.29, 0.717) is 17.9 Å². The molecule has 0 aromatic heterocycles. The average Bonchev–Trinajstić information content (AvgIpc) is 2.40. The largest absolute Gasteiger partial charge is 0.491 e. The highest BCUT2D eigenvalue weighted by atomic mass is 16.5. The quantitative estimate of drug-likeness (QED) is 0.610. The number of ether oxygens (including phenoxy) is 1. The van der Waals surface area contributed by atoms with E-state index in [2.05, 4.69) is 11.9 Å². The molecule has 0 bridgehead atoms. The Morgan fingerprint density at radius 2 is 2.10 bits per heavy atom. The molecule has 1 aromatic rings. The summed E-state index contributed by atoms with van der Waals surface area (Å²) < 4.78 is 5.41. The third-order valence-electron chi connectivity index (χ3n) is 2.51. The first-order valence-corrected chi connectivity index (χ1v) is 6.22. The van der Waals surface area contributed by atoms with E-state index in [4.69, 9.17) is 16.2 Å². The predicted molar refractivity (Wildman–Crippen MR) is 77.2 cm³/mol. The summed E-state index contributed by atoms with van der Waals surface area (Å²) in [5, 5.41) is 2.68. The lowest BCUT2D eigenvalue weighted by atomic mass is 10.2. The summed E-state index contributed by atoms with van der Waals surface area (Å²) in [4.78, 5) is 22.5. The third-order valence-corrected chi connectivity index (χ3v) is 2.51. The van der Waals surface area contributed by atoms with Gasteiger partial charge in [0.2, 0.25) is 11.8 Å². The summed E-state index contributed by atoms with van der Waals surface area (Å²) >= 11 is 0. The van der Waals surface area contributed by atoms with Crippen molar-refractivity contribution >= 4 is 17.5 Å². The number of primary amides is 1. The molecule has 1 rings (SSSR count). The first kappa shape index (κ1) is 15.7. The van der Waals surface area contributed by atoms with Gasteiger partial charge in [0.25, 0.3) is 0 Å². The minimum Gasteiger partial charge on any atom is -0.491 e. The summed E-state index contributed by atoms with van der Waals surface area (Å²) in [6, 6.07) is 6.24. The Hall–Kier alpha value is -2.34. The van der Waals surface area contributed by atoms with Crippen LogP contribution < -0.4 is 21.5 Å². The minimum absolute atomic E-state index is 0.109. The summed E-state index contributed by atoms with van der Waals surface area (Å²) in [7, 11) is 0. The molecule has 0 fully saturated rings. The number of hydrogen-bond acceptors (Lipinski definition) is 4. The molecule has 0 spiro atoms. The lowest BCUT2D eigenvalue weighted by molar-refractivity contribution is -0.119. The second-order valence-electron chi connectivity index (χ2n) is 4.18. The molecule has 1 atom stereocenters. The number of carbonyl (C=O) groups is 2. The number of nitrogens with one attached hydrogen (secondary N) is 1. The first-order valence-electron chi connectivity index (χ1n) is 6.22. The summed E-state index contributed by atoms with van der Waals surface area (Å²) in [5.41, 5.74) is 11.2. The van der Waals surface area contributed by atoms with Crippen molar-refractivity contribution in [3.8, 4) is 5.75 Å². The molecule has 0 aliphatic rings. The molecule has 1 aromatic carbocycles. The van der Waals surface area contributed by atoms with E-state index < -0.39 is 11.9 Å². The van der Waals surface area contributed by atoms with Crippen molar-refractivity contribution in [1.29, 1.82) is 0 Å². The third kappa shape index (κ3) is 5.11. The maximum Gasteiger partial charge on any atom is 0.241 e. The highest BCUT2D eigenvalue weighted by Gasteiger charge is 2.14. The average molecular weight is 277 g/mol. The fourth-order valence-electron chi connectivity index (χ4n) is 1.47. The van der Waals surface area contributed by atoms with E-state index in [1.165, 1.54) is 0 Å². The van der Waals surface area contributed by atoms with Crippen LogP contribution in [0.15, 0.2) is 36.9 Å². The number of hydrogen-bond donors (Lipinski definition) is 3. The molecule has 0 saturated carbocycles. The maximum absolute atomic E-state index is 11.8. The Kier molecular flexibility index (Phi) is 6.25. The number of para-hydroxylation sites is 2. The zero-order valence-electron chi connectivity index (χ0n) is 11.2. The molecule has 6 nitrogen and oxygen atoms in total. The van der Waals surface area contributed by atoms with E-state index in [-0.39, 0.29) is 18.9 Å². The summed E-state index contributed by atoms with van der Waals surface area (Å²) in [6.45, 7) is 3.69. The number of rotatable bonds is 8. The fraction of sp³-hybridized carbons (Fsp3) is 0.286. The molecule has 0 aliphatic carbocycles. The predicted octanol–water partition coefficient (Wildman–Crippen LogP) is 0.783. The molecule has 0 saturated heterocycles. The van der Waals surface area contributed by atoms with E-state index in [9.17, 15) is 9.59 Å². The Balaban J connectivity index is 2.67. The lowest BCUT2D eigenvalue weighted by Crippen LogP contribution is -2.35. The number of benzene rings is 1. The van der Waals surface area contributed by atoms with Crippen molar-refractivity contribution in [2.75, 3.05) is 11.9 Å². The number of amides is 2. The maximum atomic E-state index is 11.8. The summed E-state index contributed by atoms with van der Waals surface area (Å²) in [5.74, 6) is -0.303. The van der Waals surface area contributed by atoms with Gasteiger partial charge in [-0.25, -0.2) is 0 Å². The Bertz CT molecular complexity index is 488. The first-order chi connectivity index (χ1) is 9.54. The molecule has 5 N–H and O–H groups in total. The van der Waals surface area contributed by atoms with Gasteiger partial charge in [-0.05, 0) is 18.6 Å². The molecule has 1 unspecified atom stereocenters. The van der Waals surface area contributed by atoms with Gasteiger partial charge in [0.15, 0.2) is 0 Å². The van der Waals surface area contributed by atoms with Crippen molar-refractivity contribution in [3.63, 3.8) is 0 Å². The van der Waals surface area contributed by atoms with Gasteiger partial charge in [0, 0.05) is 0 Å². The fourth-order valence-corrected chi connectivity index (χ4v) is 1.47. The van der Waals surface area contributed by atoms with Crippen molar-refractivity contribution < 1.29 is 14.3 Å². The molecule has 6 heteroatoms. The molecular formula is C14H19N3O3. The van der Waals surface area contributed by atoms with E-state index in [1.807, 2.05) is 0 Å². The van der Waals surface area contributed by atoms with Gasteiger partial charge >= 0.3 is 0 Å². The standard InChI is InChI=1S/C14H19N3O3/c1-2-5-10(15)14(19)17-11-6-3-4-7-12(11)20-9-8-13(16)18/h2-4,6-7,10H,1,5,8-9,15H2,(H2,16,18)(H,17,19). The van der Waals surface area contributed by atoms with Gasteiger partial charge < -0.3 is 21.5 Å². The molecule has 0 radical (unpaired) electrons. The van der Waals surface area contributed by atoms with Crippen LogP contribution in [0, 0.1) is 0 Å². The van der Waals surface area contributed by atoms with Gasteiger partial charge in [-0.15, -0.1) is 6.58 Å². The van der Waals surface area contributed by atoms with Crippen molar-refractivity contribution in [2.45, 2.75) is 18.9 Å². The van der Waals surface area contributed by atoms with Crippen molar-refractivity contribution in [1.82, 2.24) is 0 Å². The SMILES string of the molecule is C=CCC(N)C(=O)Nc1ccccc1OCCC(N)=O. The van der Waals surface area contributed by atoms with Gasteiger partial charge in [-0.2, -0.15) is 0 Å². The highest BCUT2D eigenvalue weighted by Crippen LogP contribution is 2.24. The minimum atomic E-state index is -0.661. The molecular weight excluding hydrogens is 258 g/mol. The molecule has 0 heterocycles. The topological polar surface area (TPSA) is 107 Å². The Morgan fingerprint density at radius 3 is 2.75 bits per heavy atom. The lowest BCUT2D eigenvalue weighted by Gasteiger charge is -2.14. The Morgan fingerprint density at radius 1 is 1.40 bits per heavy atom. The Labute approximate surface area is 117 Å². The van der Waals surface area contributed by atoms with Gasteiger partial charge in [0.1, 0.15) is 5.75 Å². The smallest absolute Gasteiger partial charge is 0.241 e. The number of carbonyl (C=O) groups excluding carboxylic acids is 2. The zero-order valence-corrected chi connectivity index (χ0v) is 11.2. The highest BCUT2D eigenvalue weighted by molar-refractivity contribution is 5.96. The van der Waals surface area contributed by atoms with Crippen LogP contribution in [0.5, 0.6) is 5.75 Å². The monoisotopic (exact) mass is 277 g/mol. The van der Waals surface area contributed by atoms with Gasteiger partial charge in [-0.3, -0.25) is 9.59 Å². The summed E-state index contributed by atoms with van der Waals surface area (Å²) in [6.07, 6.45) is 2.08. The molecule has 0 aliphatic heterocycles. The second-order valence-corrected chi connectivity index (χ2v) is 4.18. The molecule has 20 heavy (non-hydrogen) atoms. The number of anilines is 1. The van der Waals surface area contributed by atoms with Crippen LogP contribution in [-0.2, 0) is 9.59 Å². The van der Waals surface area contributed by atoms with Crippen LogP contribution in [0.25, 0.3) is 0 Å². The molecule has 2 amide bonds. The second kappa shape index (κ2) is 7.96. The van der Waals surface area contributed by atoms with E-state index in [1.54, 1.807) is 30.3 Å². The van der Waals surface area contributed by atoms with Crippen molar-refractivity contribution in [3.05, 3.63) is 36.9 Å². The zero-order chi connectivity index (χ0) is 15.0. The van der Waals surface area contributed by atoms with E-state index >= 15 is 0 Å². The van der Waals surface area contributed by atoms with E-state index in [0.717, 1.165) is 0 Å². The van der Waals surface area contributed by atoms with Crippen LogP contribution in [-0.4, -0.2) is 24.5 Å². The number of nitrogens with two attached hydrogens (primary N) is 2. The van der Waals surface area contributed by atoms with Crippen LogP contribution in [0.4, 0.5) is 5.69 Å². The van der Waals surface area contributed by atoms with Crippen LogP contribution in [0.3, 0.4) is 0 Å². The van der Waals surface area contributed by atoms with Gasteiger partial charge in [-0.1, -0.05) is 18.2 Å². The van der Waals surface area contributed by atoms with Crippen LogP contribution >= 0.6 is 0 Å². The van der Waals surface area contributed by atoms with Gasteiger partial charge in [0.05, 0.1) is 24.8 Å². The normalized spacial score (nSPS) is 11.4. The molecule has 108 valence electrons. The van der Waals surface area contributed by atoms with Crippen LogP contribution in [0.1, 0.15) is 12.8 Å². The van der Waals surface area contributed by atoms with Crippen LogP contribution in [0.2, 0.25) is 0 Å². The van der Waals surface area contributed by atoms with Crippen molar-refractivity contribution in [2.24, 2.45) is 11.5 Å².